The molecule has 1 atom stereocenters. The van der Waals surface area contributed by atoms with Crippen molar-refractivity contribution in [1.82, 2.24) is 15.1 Å². The van der Waals surface area contributed by atoms with E-state index in [2.05, 4.69) is 30.5 Å². The van der Waals surface area contributed by atoms with Crippen LogP contribution >= 0.6 is 0 Å². The first-order valence-corrected chi connectivity index (χ1v) is 6.04. The quantitative estimate of drug-likeness (QED) is 0.818. The maximum absolute atomic E-state index is 4.33. The summed E-state index contributed by atoms with van der Waals surface area (Å²) in [5.74, 6) is 0. The van der Waals surface area contributed by atoms with Gasteiger partial charge in [-0.25, -0.2) is 0 Å². The summed E-state index contributed by atoms with van der Waals surface area (Å²) in [7, 11) is 0. The third-order valence-electron chi connectivity index (χ3n) is 3.56. The third kappa shape index (κ3) is 2.23. The molecule has 1 saturated heterocycles. The van der Waals surface area contributed by atoms with E-state index in [0.29, 0.717) is 5.54 Å². The van der Waals surface area contributed by atoms with Gasteiger partial charge in [-0.1, -0.05) is 6.92 Å². The lowest BCUT2D eigenvalue weighted by molar-refractivity contribution is 0.360. The summed E-state index contributed by atoms with van der Waals surface area (Å²) in [4.78, 5) is 0. The number of hydrogen-bond donors (Lipinski definition) is 1. The molecule has 1 aromatic heterocycles. The fourth-order valence-corrected chi connectivity index (χ4v) is 2.51. The van der Waals surface area contributed by atoms with Crippen LogP contribution in [0.4, 0.5) is 0 Å². The normalized spacial score (nSPS) is 26.0. The van der Waals surface area contributed by atoms with Gasteiger partial charge in [-0.2, -0.15) is 5.10 Å². The molecule has 1 aliphatic rings. The first-order valence-electron chi connectivity index (χ1n) is 6.04. The molecule has 15 heavy (non-hydrogen) atoms. The molecule has 0 spiro atoms. The number of aromatic nitrogens is 2. The second-order valence-corrected chi connectivity index (χ2v) is 4.55. The molecule has 0 saturated carbocycles. The molecule has 0 aromatic carbocycles. The van der Waals surface area contributed by atoms with Crippen LogP contribution in [0.25, 0.3) is 0 Å². The van der Waals surface area contributed by atoms with Crippen LogP contribution in [0, 0.1) is 0 Å². The van der Waals surface area contributed by atoms with Crippen molar-refractivity contribution >= 4 is 0 Å². The van der Waals surface area contributed by atoms with Crippen molar-refractivity contribution in [3.05, 3.63) is 18.0 Å². The minimum atomic E-state index is 0.349. The highest BCUT2D eigenvalue weighted by Gasteiger charge is 2.31. The minimum absolute atomic E-state index is 0.349. The molecule has 1 fully saturated rings. The van der Waals surface area contributed by atoms with Gasteiger partial charge >= 0.3 is 0 Å². The van der Waals surface area contributed by atoms with Crippen molar-refractivity contribution in [3.63, 3.8) is 0 Å². The SMILES string of the molecule is CCn1cc(CC2(CC)CCCN2)cn1. The van der Waals surface area contributed by atoms with Crippen LogP contribution in [0.3, 0.4) is 0 Å². The van der Waals surface area contributed by atoms with E-state index in [1.807, 2.05) is 10.9 Å². The molecule has 1 N–H and O–H groups in total. The average molecular weight is 207 g/mol. The Kier molecular flexibility index (Phi) is 3.10. The lowest BCUT2D eigenvalue weighted by Crippen LogP contribution is -2.41. The maximum atomic E-state index is 4.33. The van der Waals surface area contributed by atoms with Crippen LogP contribution in [0.5, 0.6) is 0 Å². The van der Waals surface area contributed by atoms with Crippen molar-refractivity contribution in [2.75, 3.05) is 6.54 Å². The number of nitrogens with one attached hydrogen (secondary N) is 1. The van der Waals surface area contributed by atoms with Gasteiger partial charge in [0.05, 0.1) is 6.20 Å². The van der Waals surface area contributed by atoms with Crippen molar-refractivity contribution in [3.8, 4) is 0 Å². The van der Waals surface area contributed by atoms with Crippen molar-refractivity contribution < 1.29 is 0 Å². The highest BCUT2D eigenvalue weighted by atomic mass is 15.3. The van der Waals surface area contributed by atoms with Gasteiger partial charge in [-0.15, -0.1) is 0 Å². The Morgan fingerprint density at radius 3 is 2.93 bits per heavy atom. The van der Waals surface area contributed by atoms with Gasteiger partial charge in [0, 0.05) is 18.3 Å². The summed E-state index contributed by atoms with van der Waals surface area (Å²) in [6.45, 7) is 6.55. The number of rotatable bonds is 4. The third-order valence-corrected chi connectivity index (χ3v) is 3.56. The highest BCUT2D eigenvalue weighted by Crippen LogP contribution is 2.26. The van der Waals surface area contributed by atoms with E-state index in [0.717, 1.165) is 13.0 Å². The van der Waals surface area contributed by atoms with Crippen molar-refractivity contribution in [2.24, 2.45) is 0 Å². The molecule has 2 rings (SSSR count). The summed E-state index contributed by atoms with van der Waals surface area (Å²) in [5, 5.41) is 7.99. The molecule has 84 valence electrons. The fourth-order valence-electron chi connectivity index (χ4n) is 2.51. The molecule has 0 amide bonds. The van der Waals surface area contributed by atoms with E-state index >= 15 is 0 Å². The summed E-state index contributed by atoms with van der Waals surface area (Å²) in [6, 6.07) is 0. The molecular weight excluding hydrogens is 186 g/mol. The smallest absolute Gasteiger partial charge is 0.0522 e. The summed E-state index contributed by atoms with van der Waals surface area (Å²) < 4.78 is 2.01. The van der Waals surface area contributed by atoms with Crippen LogP contribution in [0.1, 0.15) is 38.7 Å². The lowest BCUT2D eigenvalue weighted by atomic mass is 9.88. The first-order chi connectivity index (χ1) is 7.28. The Balaban J connectivity index is 2.05. The molecule has 0 aliphatic carbocycles. The molecule has 3 nitrogen and oxygen atoms in total. The Labute approximate surface area is 91.9 Å². The zero-order valence-corrected chi connectivity index (χ0v) is 9.79. The van der Waals surface area contributed by atoms with E-state index in [9.17, 15) is 0 Å². The monoisotopic (exact) mass is 207 g/mol. The van der Waals surface area contributed by atoms with E-state index in [-0.39, 0.29) is 0 Å². The van der Waals surface area contributed by atoms with Crippen LogP contribution in [-0.4, -0.2) is 21.9 Å². The zero-order chi connectivity index (χ0) is 10.7. The summed E-state index contributed by atoms with van der Waals surface area (Å²) in [5.41, 5.74) is 1.72. The molecule has 2 heterocycles. The zero-order valence-electron chi connectivity index (χ0n) is 9.79. The molecule has 0 bridgehead atoms. The number of aryl methyl sites for hydroxylation is 1. The maximum Gasteiger partial charge on any atom is 0.0522 e. The molecule has 1 aliphatic heterocycles. The topological polar surface area (TPSA) is 29.9 Å². The Bertz CT molecular complexity index is 310. The predicted octanol–water partition coefficient (Wildman–Crippen LogP) is 1.98. The summed E-state index contributed by atoms with van der Waals surface area (Å²) >= 11 is 0. The van der Waals surface area contributed by atoms with E-state index in [1.54, 1.807) is 0 Å². The minimum Gasteiger partial charge on any atom is -0.311 e. The van der Waals surface area contributed by atoms with Gasteiger partial charge < -0.3 is 5.32 Å². The Hall–Kier alpha value is -0.830. The van der Waals surface area contributed by atoms with E-state index in [1.165, 1.54) is 31.4 Å². The fraction of sp³-hybridized carbons (Fsp3) is 0.750. The summed E-state index contributed by atoms with van der Waals surface area (Å²) in [6.07, 6.45) is 9.16. The second-order valence-electron chi connectivity index (χ2n) is 4.55. The Morgan fingerprint density at radius 2 is 2.40 bits per heavy atom. The first kappa shape index (κ1) is 10.7. The van der Waals surface area contributed by atoms with Crippen molar-refractivity contribution in [1.29, 1.82) is 0 Å². The van der Waals surface area contributed by atoms with Gasteiger partial charge in [-0.05, 0) is 44.7 Å². The van der Waals surface area contributed by atoms with E-state index in [4.69, 9.17) is 0 Å². The standard InChI is InChI=1S/C12H21N3/c1-3-12(6-5-7-13-12)8-11-9-14-15(4-2)10-11/h9-10,13H,3-8H2,1-2H3. The number of nitrogens with zero attached hydrogens (tertiary/aromatic N) is 2. The van der Waals surface area contributed by atoms with Crippen LogP contribution in [0.15, 0.2) is 12.4 Å². The van der Waals surface area contributed by atoms with Crippen LogP contribution in [0.2, 0.25) is 0 Å². The molecular formula is C12H21N3. The predicted molar refractivity (Wildman–Crippen MR) is 61.9 cm³/mol. The second kappa shape index (κ2) is 4.35. The lowest BCUT2D eigenvalue weighted by Gasteiger charge is -2.27. The van der Waals surface area contributed by atoms with Gasteiger partial charge in [0.1, 0.15) is 0 Å². The number of hydrogen-bond acceptors (Lipinski definition) is 2. The molecule has 3 heteroatoms. The van der Waals surface area contributed by atoms with Crippen LogP contribution in [-0.2, 0) is 13.0 Å². The molecule has 1 unspecified atom stereocenters. The van der Waals surface area contributed by atoms with Gasteiger partial charge in [0.25, 0.3) is 0 Å². The molecule has 1 aromatic rings. The van der Waals surface area contributed by atoms with Crippen LogP contribution < -0.4 is 5.32 Å². The van der Waals surface area contributed by atoms with E-state index < -0.39 is 0 Å². The Morgan fingerprint density at radius 1 is 1.53 bits per heavy atom. The van der Waals surface area contributed by atoms with Gasteiger partial charge in [-0.3, -0.25) is 4.68 Å². The van der Waals surface area contributed by atoms with Gasteiger partial charge in [0.2, 0.25) is 0 Å². The largest absolute Gasteiger partial charge is 0.311 e. The van der Waals surface area contributed by atoms with Crippen molar-refractivity contribution in [2.45, 2.75) is 51.6 Å². The molecule has 0 radical (unpaired) electrons. The van der Waals surface area contributed by atoms with Gasteiger partial charge in [0.15, 0.2) is 0 Å². The average Bonchev–Trinajstić information content (AvgIpc) is 2.88. The highest BCUT2D eigenvalue weighted by molar-refractivity contribution is 5.11.